The highest BCUT2D eigenvalue weighted by Crippen LogP contribution is 2.64. The first kappa shape index (κ1) is 38.3. The van der Waals surface area contributed by atoms with Gasteiger partial charge in [0, 0.05) is 0 Å². The van der Waals surface area contributed by atoms with Crippen LogP contribution in [0.4, 0.5) is 14.6 Å². The molecule has 4 N–H and O–H groups in total. The summed E-state index contributed by atoms with van der Waals surface area (Å²) < 4.78 is 69.7. The Balaban J connectivity index is 0.000000654. The fourth-order valence-corrected chi connectivity index (χ4v) is 7.37. The van der Waals surface area contributed by atoms with Gasteiger partial charge < -0.3 is 39.6 Å². The Kier molecular flexibility index (Phi) is 11.6. The molecule has 0 amide bonds. The average Bonchev–Trinajstić information content (AvgIpc) is 3.79. The van der Waals surface area contributed by atoms with Crippen LogP contribution in [0.1, 0.15) is 56.8 Å². The number of aliphatic hydroxyl groups excluding tert-OH is 1. The van der Waals surface area contributed by atoms with Crippen molar-refractivity contribution < 1.29 is 47.1 Å². The predicted molar refractivity (Wildman–Crippen MR) is 183 cm³/mol. The number of nitrogens with two attached hydrogens (primary N) is 1. The Morgan fingerprint density at radius 1 is 1.04 bits per heavy atom. The minimum atomic E-state index is -6.12. The molecule has 51 heavy (non-hydrogen) atoms. The lowest BCUT2D eigenvalue weighted by atomic mass is 10.1. The summed E-state index contributed by atoms with van der Waals surface area (Å²) in [6, 6.07) is 13.9. The third-order valence-corrected chi connectivity index (χ3v) is 10.8. The summed E-state index contributed by atoms with van der Waals surface area (Å²) in [5.74, 6) is -6.23. The van der Waals surface area contributed by atoms with Crippen molar-refractivity contribution in [2.75, 3.05) is 25.4 Å². The SMILES string of the molecule is CC1(C)O[C@@H]2[C@H](O1)[C@@H](C(O)P(=O)(O)C(F)(F)C(=O)c1ccccc1OCc1ccccc1)O[C@H]2n1cnc2c(N)ncnc21.CCN(CC)CC. The number of halogens is 2. The van der Waals surface area contributed by atoms with Gasteiger partial charge in [-0.05, 0) is 51.2 Å². The van der Waals surface area contributed by atoms with Crippen LogP contribution in [0.2, 0.25) is 0 Å². The van der Waals surface area contributed by atoms with E-state index in [1.807, 2.05) is 0 Å². The van der Waals surface area contributed by atoms with Gasteiger partial charge in [-0.3, -0.25) is 13.9 Å². The lowest BCUT2D eigenvalue weighted by molar-refractivity contribution is -0.202. The molecule has 0 saturated carbocycles. The number of ether oxygens (including phenoxy) is 4. The number of aliphatic hydroxyl groups is 1. The molecule has 0 bridgehead atoms. The van der Waals surface area contributed by atoms with Crippen LogP contribution in [-0.4, -0.2) is 95.4 Å². The first-order valence-corrected chi connectivity index (χ1v) is 18.2. The molecule has 4 aromatic rings. The van der Waals surface area contributed by atoms with Crippen molar-refractivity contribution >= 4 is 30.1 Å². The smallest absolute Gasteiger partial charge is 0.385 e. The Bertz CT molecular complexity index is 1860. The second-order valence-electron chi connectivity index (χ2n) is 12.4. The van der Waals surface area contributed by atoms with Gasteiger partial charge in [0.1, 0.15) is 42.5 Å². The van der Waals surface area contributed by atoms with Gasteiger partial charge in [0.25, 0.3) is 0 Å². The summed E-state index contributed by atoms with van der Waals surface area (Å²) in [7, 11) is -6.12. The van der Waals surface area contributed by atoms with E-state index in [2.05, 4.69) is 40.6 Å². The fraction of sp³-hybridized carbons (Fsp3) is 0.471. The van der Waals surface area contributed by atoms with E-state index in [1.54, 1.807) is 44.2 Å². The molecule has 14 nitrogen and oxygen atoms in total. The Morgan fingerprint density at radius 3 is 2.31 bits per heavy atom. The van der Waals surface area contributed by atoms with Crippen LogP contribution in [0.25, 0.3) is 11.2 Å². The molecular formula is C34H43F2N6O8P. The van der Waals surface area contributed by atoms with Crippen LogP contribution in [0.3, 0.4) is 0 Å². The maximum atomic E-state index is 15.8. The quantitative estimate of drug-likeness (QED) is 0.133. The maximum Gasteiger partial charge on any atom is 0.385 e. The van der Waals surface area contributed by atoms with Crippen molar-refractivity contribution in [3.8, 4) is 5.75 Å². The van der Waals surface area contributed by atoms with E-state index in [9.17, 15) is 19.4 Å². The summed E-state index contributed by atoms with van der Waals surface area (Å²) in [5.41, 5.74) is 1.41. The van der Waals surface area contributed by atoms with Crippen molar-refractivity contribution in [1.82, 2.24) is 24.4 Å². The molecule has 6 rings (SSSR count). The number of anilines is 1. The molecule has 0 aliphatic carbocycles. The van der Waals surface area contributed by atoms with E-state index in [0.717, 1.165) is 6.07 Å². The Labute approximate surface area is 294 Å². The van der Waals surface area contributed by atoms with E-state index >= 15 is 8.78 Å². The van der Waals surface area contributed by atoms with Crippen LogP contribution in [0.5, 0.6) is 5.75 Å². The van der Waals surface area contributed by atoms with Gasteiger partial charge >= 0.3 is 13.0 Å². The number of carbonyl (C=O) groups is 1. The monoisotopic (exact) mass is 732 g/mol. The second kappa shape index (κ2) is 15.4. The number of rotatable bonds is 12. The highest BCUT2D eigenvalue weighted by Gasteiger charge is 2.67. The van der Waals surface area contributed by atoms with Crippen LogP contribution < -0.4 is 10.5 Å². The number of carbonyl (C=O) groups excluding carboxylic acids is 1. The van der Waals surface area contributed by atoms with Crippen LogP contribution in [0.15, 0.2) is 67.3 Å². The molecule has 0 radical (unpaired) electrons. The number of ketones is 1. The zero-order valence-electron chi connectivity index (χ0n) is 28.9. The summed E-state index contributed by atoms with van der Waals surface area (Å²) in [5, 5.41) is 11.1. The van der Waals surface area contributed by atoms with Gasteiger partial charge in [-0.25, -0.2) is 15.0 Å². The molecule has 276 valence electrons. The summed E-state index contributed by atoms with van der Waals surface area (Å²) in [4.78, 5) is 38.6. The predicted octanol–water partition coefficient (Wildman–Crippen LogP) is 4.82. The minimum absolute atomic E-state index is 0.0525. The first-order chi connectivity index (χ1) is 24.2. The second-order valence-corrected chi connectivity index (χ2v) is 14.8. The number of hydrogen-bond donors (Lipinski definition) is 3. The highest BCUT2D eigenvalue weighted by molar-refractivity contribution is 7.61. The van der Waals surface area contributed by atoms with Crippen LogP contribution in [0, 0.1) is 0 Å². The lowest BCUT2D eigenvalue weighted by Crippen LogP contribution is -2.43. The van der Waals surface area contributed by atoms with E-state index in [4.69, 9.17) is 24.7 Å². The van der Waals surface area contributed by atoms with Gasteiger partial charge in [0.15, 0.2) is 29.3 Å². The number of para-hydroxylation sites is 1. The molecule has 2 saturated heterocycles. The average molecular weight is 733 g/mol. The molecule has 2 unspecified atom stereocenters. The zero-order valence-corrected chi connectivity index (χ0v) is 29.8. The number of nitrogens with zero attached hydrogens (tertiary/aromatic N) is 5. The Hall–Kier alpha value is -3.89. The molecule has 0 spiro atoms. The lowest BCUT2D eigenvalue weighted by Gasteiger charge is -2.31. The number of hydrogen-bond acceptors (Lipinski definition) is 12. The van der Waals surface area contributed by atoms with Crippen molar-refractivity contribution in [1.29, 1.82) is 0 Å². The summed E-state index contributed by atoms with van der Waals surface area (Å²) in [6.07, 6.45) is -2.91. The van der Waals surface area contributed by atoms with E-state index in [1.165, 1.54) is 55.1 Å². The Morgan fingerprint density at radius 2 is 1.67 bits per heavy atom. The van der Waals surface area contributed by atoms with Crippen molar-refractivity contribution in [3.05, 3.63) is 78.4 Å². The standard InChI is InChI=1S/C28H28F2N5O8P.C6H15N/c1-27(2)42-19-20(43-27)25(35-14-34-18-23(31)32-13-33-24(18)35)41-21(19)26(37)44(38,39)28(29,30)22(36)16-10-6-7-11-17(16)40-12-15-8-4-3-5-9-15;1-4-7(5-2)6-3/h3-11,13-14,19-21,25-26,37H,12H2,1-2H3,(H,38,39)(H2,31,32,33);4-6H2,1-3H3/t19-,20+,21-,25+,26?;/m0./s1. The van der Waals surface area contributed by atoms with Gasteiger partial charge in [-0.1, -0.05) is 63.2 Å². The van der Waals surface area contributed by atoms with E-state index in [0.29, 0.717) is 5.56 Å². The van der Waals surface area contributed by atoms with Gasteiger partial charge in [0.2, 0.25) is 5.78 Å². The molecule has 2 aromatic carbocycles. The molecule has 2 aromatic heterocycles. The molecule has 2 aliphatic heterocycles. The number of benzene rings is 2. The highest BCUT2D eigenvalue weighted by atomic mass is 31.2. The third kappa shape index (κ3) is 7.68. The number of fused-ring (bicyclic) bond motifs is 2. The molecule has 4 heterocycles. The number of nitrogen functional groups attached to an aromatic ring is 1. The minimum Gasteiger partial charge on any atom is -0.488 e. The maximum absolute atomic E-state index is 15.8. The molecule has 17 heteroatoms. The molecule has 6 atom stereocenters. The van der Waals surface area contributed by atoms with Gasteiger partial charge in [-0.15, -0.1) is 0 Å². The van der Waals surface area contributed by atoms with Gasteiger partial charge in [0.05, 0.1) is 11.9 Å². The summed E-state index contributed by atoms with van der Waals surface area (Å²) in [6.45, 7) is 13.2. The number of alkyl halides is 2. The zero-order chi connectivity index (χ0) is 37.1. The topological polar surface area (TPSA) is 184 Å². The van der Waals surface area contributed by atoms with Crippen molar-refractivity contribution in [3.63, 3.8) is 0 Å². The normalized spacial score (nSPS) is 22.9. The fourth-order valence-electron chi connectivity index (χ4n) is 5.99. The van der Waals surface area contributed by atoms with Crippen molar-refractivity contribution in [2.45, 2.75) is 83.1 Å². The van der Waals surface area contributed by atoms with Crippen molar-refractivity contribution in [2.24, 2.45) is 0 Å². The van der Waals surface area contributed by atoms with Crippen LogP contribution in [-0.2, 0) is 25.4 Å². The molecule has 2 fully saturated rings. The number of Topliss-reactive ketones (excluding diaryl/α,β-unsaturated/α-hetero) is 1. The first-order valence-electron chi connectivity index (χ1n) is 16.5. The molecule has 2 aliphatic rings. The molecular weight excluding hydrogens is 689 g/mol. The summed E-state index contributed by atoms with van der Waals surface area (Å²) >= 11 is 0. The number of imidazole rings is 1. The number of aromatic nitrogens is 4. The van der Waals surface area contributed by atoms with Gasteiger partial charge in [-0.2, -0.15) is 8.78 Å². The van der Waals surface area contributed by atoms with E-state index in [-0.39, 0.29) is 29.3 Å². The largest absolute Gasteiger partial charge is 0.488 e. The third-order valence-electron chi connectivity index (χ3n) is 8.76. The van der Waals surface area contributed by atoms with E-state index < -0.39 is 60.6 Å². The van der Waals surface area contributed by atoms with Crippen LogP contribution >= 0.6 is 7.37 Å².